The van der Waals surface area contributed by atoms with Gasteiger partial charge in [-0.1, -0.05) is 12.2 Å². The van der Waals surface area contributed by atoms with Crippen molar-refractivity contribution in [3.8, 4) is 0 Å². The molecule has 0 spiro atoms. The molecule has 114 valence electrons. The molecule has 1 atom stereocenters. The van der Waals surface area contributed by atoms with E-state index in [4.69, 9.17) is 0 Å². The lowest BCUT2D eigenvalue weighted by molar-refractivity contribution is 0.0568. The molecular weight excluding hydrogens is 266 g/mol. The molecule has 1 aromatic rings. The van der Waals surface area contributed by atoms with Crippen LogP contribution < -0.4 is 0 Å². The van der Waals surface area contributed by atoms with Gasteiger partial charge in [-0.25, -0.2) is 0 Å². The Morgan fingerprint density at radius 2 is 2.24 bits per heavy atom. The van der Waals surface area contributed by atoms with Gasteiger partial charge >= 0.3 is 0 Å². The molecule has 0 radical (unpaired) electrons. The molecule has 0 aromatic carbocycles. The molecule has 1 aliphatic carbocycles. The first-order valence-electron chi connectivity index (χ1n) is 7.62. The third kappa shape index (κ3) is 2.62. The molecule has 5 heteroatoms. The summed E-state index contributed by atoms with van der Waals surface area (Å²) >= 11 is 0. The SMILES string of the molecule is C=C(C)Cn1nc(C(=O)N2CC[C@](C)(O)C2)c2c1CCC2. The zero-order chi connectivity index (χ0) is 15.2. The van der Waals surface area contributed by atoms with Crippen LogP contribution in [0.2, 0.25) is 0 Å². The van der Waals surface area contributed by atoms with Gasteiger partial charge in [-0.05, 0) is 39.5 Å². The molecule has 2 heterocycles. The number of rotatable bonds is 3. The van der Waals surface area contributed by atoms with Gasteiger partial charge < -0.3 is 10.0 Å². The number of aliphatic hydroxyl groups is 1. The van der Waals surface area contributed by atoms with Gasteiger partial charge in [-0.2, -0.15) is 5.10 Å². The van der Waals surface area contributed by atoms with Gasteiger partial charge in [-0.3, -0.25) is 9.48 Å². The van der Waals surface area contributed by atoms with Gasteiger partial charge in [0.05, 0.1) is 12.1 Å². The van der Waals surface area contributed by atoms with Crippen molar-refractivity contribution >= 4 is 5.91 Å². The van der Waals surface area contributed by atoms with E-state index in [1.54, 1.807) is 11.8 Å². The lowest BCUT2D eigenvalue weighted by Crippen LogP contribution is -2.34. The number of carbonyl (C=O) groups excluding carboxylic acids is 1. The molecule has 2 aliphatic rings. The van der Waals surface area contributed by atoms with E-state index in [2.05, 4.69) is 11.7 Å². The van der Waals surface area contributed by atoms with E-state index in [-0.39, 0.29) is 5.91 Å². The third-order valence-corrected chi connectivity index (χ3v) is 4.37. The fourth-order valence-electron chi connectivity index (χ4n) is 3.34. The quantitative estimate of drug-likeness (QED) is 0.859. The molecule has 0 bridgehead atoms. The minimum atomic E-state index is -0.765. The van der Waals surface area contributed by atoms with Crippen molar-refractivity contribution in [3.63, 3.8) is 0 Å². The van der Waals surface area contributed by atoms with Crippen LogP contribution in [0, 0.1) is 0 Å². The monoisotopic (exact) mass is 289 g/mol. The minimum absolute atomic E-state index is 0.0357. The number of β-amino-alcohol motifs (C(OH)–C–C–N with tert-alkyl or cyclic N) is 1. The maximum absolute atomic E-state index is 12.7. The van der Waals surface area contributed by atoms with E-state index >= 15 is 0 Å². The van der Waals surface area contributed by atoms with Crippen LogP contribution in [0.4, 0.5) is 0 Å². The second kappa shape index (κ2) is 4.98. The van der Waals surface area contributed by atoms with Gasteiger partial charge in [0.2, 0.25) is 0 Å². The van der Waals surface area contributed by atoms with Crippen molar-refractivity contribution in [2.75, 3.05) is 13.1 Å². The zero-order valence-corrected chi connectivity index (χ0v) is 12.9. The molecule has 0 unspecified atom stereocenters. The number of fused-ring (bicyclic) bond motifs is 1. The Bertz CT molecular complexity index is 601. The fourth-order valence-corrected chi connectivity index (χ4v) is 3.34. The Labute approximate surface area is 125 Å². The summed E-state index contributed by atoms with van der Waals surface area (Å²) in [5.74, 6) is -0.0357. The van der Waals surface area contributed by atoms with Crippen molar-refractivity contribution < 1.29 is 9.90 Å². The number of allylic oxidation sites excluding steroid dienone is 1. The van der Waals surface area contributed by atoms with Crippen LogP contribution in [-0.4, -0.2) is 44.4 Å². The second-order valence-electron chi connectivity index (χ2n) is 6.72. The highest BCUT2D eigenvalue weighted by molar-refractivity contribution is 5.94. The maximum atomic E-state index is 12.7. The van der Waals surface area contributed by atoms with Crippen molar-refractivity contribution in [3.05, 3.63) is 29.1 Å². The first-order valence-corrected chi connectivity index (χ1v) is 7.62. The largest absolute Gasteiger partial charge is 0.388 e. The van der Waals surface area contributed by atoms with Gasteiger partial charge in [-0.15, -0.1) is 0 Å². The number of hydrogen-bond acceptors (Lipinski definition) is 3. The number of likely N-dealkylation sites (tertiary alicyclic amines) is 1. The summed E-state index contributed by atoms with van der Waals surface area (Å²) in [6.07, 6.45) is 3.63. The van der Waals surface area contributed by atoms with E-state index in [0.717, 1.165) is 30.4 Å². The zero-order valence-electron chi connectivity index (χ0n) is 12.9. The Balaban J connectivity index is 1.89. The first kappa shape index (κ1) is 14.3. The fraction of sp³-hybridized carbons (Fsp3) is 0.625. The van der Waals surface area contributed by atoms with Gasteiger partial charge in [0.1, 0.15) is 0 Å². The highest BCUT2D eigenvalue weighted by Gasteiger charge is 2.37. The highest BCUT2D eigenvalue weighted by Crippen LogP contribution is 2.29. The molecular formula is C16H23N3O2. The molecule has 1 aliphatic heterocycles. The molecule has 1 fully saturated rings. The number of amides is 1. The predicted molar refractivity (Wildman–Crippen MR) is 80.2 cm³/mol. The summed E-state index contributed by atoms with van der Waals surface area (Å²) in [7, 11) is 0. The van der Waals surface area contributed by atoms with Crippen molar-refractivity contribution in [2.45, 2.75) is 51.7 Å². The molecule has 5 nitrogen and oxygen atoms in total. The molecule has 0 saturated carbocycles. The van der Waals surface area contributed by atoms with Crippen LogP contribution in [0.1, 0.15) is 48.4 Å². The number of hydrogen-bond donors (Lipinski definition) is 1. The average molecular weight is 289 g/mol. The van der Waals surface area contributed by atoms with E-state index in [1.165, 1.54) is 5.69 Å². The normalized spacial score (nSPS) is 24.4. The summed E-state index contributed by atoms with van der Waals surface area (Å²) in [6, 6.07) is 0. The Morgan fingerprint density at radius 1 is 1.48 bits per heavy atom. The Kier molecular flexibility index (Phi) is 3.40. The summed E-state index contributed by atoms with van der Waals surface area (Å²) in [5, 5.41) is 14.6. The molecule has 1 N–H and O–H groups in total. The molecule has 21 heavy (non-hydrogen) atoms. The topological polar surface area (TPSA) is 58.4 Å². The van der Waals surface area contributed by atoms with Crippen LogP contribution in [0.5, 0.6) is 0 Å². The first-order chi connectivity index (χ1) is 9.87. The third-order valence-electron chi connectivity index (χ3n) is 4.37. The minimum Gasteiger partial charge on any atom is -0.388 e. The van der Waals surface area contributed by atoms with Crippen LogP contribution >= 0.6 is 0 Å². The summed E-state index contributed by atoms with van der Waals surface area (Å²) in [5.41, 5.74) is 3.15. The number of carbonyl (C=O) groups is 1. The lowest BCUT2D eigenvalue weighted by atomic mass is 10.1. The van der Waals surface area contributed by atoms with Crippen molar-refractivity contribution in [1.29, 1.82) is 0 Å². The van der Waals surface area contributed by atoms with Gasteiger partial charge in [0.25, 0.3) is 5.91 Å². The van der Waals surface area contributed by atoms with Crippen molar-refractivity contribution in [1.82, 2.24) is 14.7 Å². The van der Waals surface area contributed by atoms with E-state index < -0.39 is 5.60 Å². The smallest absolute Gasteiger partial charge is 0.274 e. The van der Waals surface area contributed by atoms with Crippen LogP contribution in [0.25, 0.3) is 0 Å². The molecule has 3 rings (SSSR count). The Morgan fingerprint density at radius 3 is 2.86 bits per heavy atom. The maximum Gasteiger partial charge on any atom is 0.274 e. The average Bonchev–Trinajstić information content (AvgIpc) is 3.04. The highest BCUT2D eigenvalue weighted by atomic mass is 16.3. The van der Waals surface area contributed by atoms with E-state index in [0.29, 0.717) is 31.7 Å². The number of aromatic nitrogens is 2. The second-order valence-corrected chi connectivity index (χ2v) is 6.72. The predicted octanol–water partition coefficient (Wildman–Crippen LogP) is 1.54. The molecule has 1 amide bonds. The van der Waals surface area contributed by atoms with Gasteiger partial charge in [0.15, 0.2) is 5.69 Å². The summed E-state index contributed by atoms with van der Waals surface area (Å²) in [6.45, 7) is 9.37. The van der Waals surface area contributed by atoms with E-state index in [1.807, 2.05) is 11.6 Å². The summed E-state index contributed by atoms with van der Waals surface area (Å²) < 4.78 is 1.94. The van der Waals surface area contributed by atoms with Crippen molar-refractivity contribution in [2.24, 2.45) is 0 Å². The standard InChI is InChI=1S/C16H23N3O2/c1-11(2)9-19-13-6-4-5-12(13)14(17-19)15(20)18-8-7-16(3,21)10-18/h21H,1,4-10H2,2-3H3/t16-/m0/s1. The lowest BCUT2D eigenvalue weighted by Gasteiger charge is -2.18. The van der Waals surface area contributed by atoms with Crippen LogP contribution in [-0.2, 0) is 19.4 Å². The van der Waals surface area contributed by atoms with E-state index in [9.17, 15) is 9.90 Å². The van der Waals surface area contributed by atoms with Gasteiger partial charge in [0, 0.05) is 24.3 Å². The number of nitrogens with zero attached hydrogens (tertiary/aromatic N) is 3. The Hall–Kier alpha value is -1.62. The molecule has 1 aromatic heterocycles. The van der Waals surface area contributed by atoms with Crippen LogP contribution in [0.15, 0.2) is 12.2 Å². The van der Waals surface area contributed by atoms with Crippen LogP contribution in [0.3, 0.4) is 0 Å². The summed E-state index contributed by atoms with van der Waals surface area (Å²) in [4.78, 5) is 14.4. The molecule has 1 saturated heterocycles.